The van der Waals surface area contributed by atoms with Crippen LogP contribution in [-0.2, 0) is 0 Å². The molecule has 0 heterocycles. The van der Waals surface area contributed by atoms with Gasteiger partial charge in [-0.25, -0.2) is 0 Å². The van der Waals surface area contributed by atoms with Crippen molar-refractivity contribution < 1.29 is 10.2 Å². The van der Waals surface area contributed by atoms with Crippen LogP contribution in [0, 0.1) is 0 Å². The molecule has 2 heteroatoms. The predicted octanol–water partition coefficient (Wildman–Crippen LogP) is 2.19. The minimum absolute atomic E-state index is 0. The number of rotatable bonds is 0. The van der Waals surface area contributed by atoms with Crippen LogP contribution in [0.4, 0.5) is 0 Å². The molecule has 0 radical (unpaired) electrons. The maximum absolute atomic E-state index is 8.52. The van der Waals surface area contributed by atoms with Crippen LogP contribution in [0.2, 0.25) is 0 Å². The average Bonchev–Trinajstić information content (AvgIpc) is 1.12. The van der Waals surface area contributed by atoms with Crippen LogP contribution in [0.3, 0.4) is 0 Å². The largest absolute Gasteiger partial charge is 0.391 e. The first-order valence-electron chi connectivity index (χ1n) is 3.45. The first-order chi connectivity index (χ1) is 4.00. The van der Waals surface area contributed by atoms with E-state index in [1.54, 1.807) is 41.5 Å². The molecule has 0 amide bonds. The lowest BCUT2D eigenvalue weighted by Crippen LogP contribution is -2.10. The molecule has 0 aromatic rings. The molecule has 0 aliphatic heterocycles. The zero-order chi connectivity index (χ0) is 9.00. The van der Waals surface area contributed by atoms with Crippen molar-refractivity contribution in [3.05, 3.63) is 0 Å². The number of aliphatic hydroxyl groups is 2. The summed E-state index contributed by atoms with van der Waals surface area (Å²) in [5, 5.41) is 17.0. The predicted molar refractivity (Wildman–Crippen MR) is 50.7 cm³/mol. The summed E-state index contributed by atoms with van der Waals surface area (Å²) in [7, 11) is 0. The van der Waals surface area contributed by atoms with Crippen molar-refractivity contribution in [2.75, 3.05) is 0 Å². The highest BCUT2D eigenvalue weighted by molar-refractivity contribution is 4.51. The minimum Gasteiger partial charge on any atom is -0.391 e. The lowest BCUT2D eigenvalue weighted by atomic mass is 10.2. The third-order valence-corrected chi connectivity index (χ3v) is 0. The van der Waals surface area contributed by atoms with Gasteiger partial charge in [-0.1, -0.05) is 7.43 Å². The summed E-state index contributed by atoms with van der Waals surface area (Å²) in [6.07, 6.45) is 0. The van der Waals surface area contributed by atoms with E-state index in [0.29, 0.717) is 0 Å². The Bertz CT molecular complexity index is 50.5. The van der Waals surface area contributed by atoms with E-state index in [1.165, 1.54) is 0 Å². The fourth-order valence-electron chi connectivity index (χ4n) is 0. The highest BCUT2D eigenvalue weighted by Crippen LogP contribution is 1.93. The van der Waals surface area contributed by atoms with E-state index in [4.69, 9.17) is 10.2 Å². The third kappa shape index (κ3) is 97200. The molecular weight excluding hydrogens is 140 g/mol. The Kier molecular flexibility index (Phi) is 8.65. The summed E-state index contributed by atoms with van der Waals surface area (Å²) in [6.45, 7) is 10.5. The van der Waals surface area contributed by atoms with Gasteiger partial charge >= 0.3 is 0 Å². The minimum atomic E-state index is -0.500. The van der Waals surface area contributed by atoms with E-state index < -0.39 is 11.2 Å². The summed E-state index contributed by atoms with van der Waals surface area (Å²) in [5.74, 6) is 0. The van der Waals surface area contributed by atoms with Crippen molar-refractivity contribution in [1.29, 1.82) is 0 Å². The molecule has 0 aromatic carbocycles. The van der Waals surface area contributed by atoms with Crippen LogP contribution in [0.15, 0.2) is 0 Å². The molecule has 0 rings (SSSR count). The van der Waals surface area contributed by atoms with E-state index in [0.717, 1.165) is 0 Å². The highest BCUT2D eigenvalue weighted by atomic mass is 16.3. The van der Waals surface area contributed by atoms with Gasteiger partial charge in [-0.2, -0.15) is 0 Å². The third-order valence-electron chi connectivity index (χ3n) is 0. The Hall–Kier alpha value is -0.0800. The Morgan fingerprint density at radius 1 is 0.636 bits per heavy atom. The molecule has 0 spiro atoms. The van der Waals surface area contributed by atoms with Gasteiger partial charge in [0.1, 0.15) is 0 Å². The zero-order valence-corrected chi connectivity index (χ0v) is 7.89. The van der Waals surface area contributed by atoms with Crippen molar-refractivity contribution in [1.82, 2.24) is 0 Å². The zero-order valence-electron chi connectivity index (χ0n) is 7.89. The molecule has 0 atom stereocenters. The summed E-state index contributed by atoms with van der Waals surface area (Å²) < 4.78 is 0. The van der Waals surface area contributed by atoms with Crippen molar-refractivity contribution in [2.24, 2.45) is 0 Å². The second-order valence-electron chi connectivity index (χ2n) is 4.34. The van der Waals surface area contributed by atoms with Gasteiger partial charge < -0.3 is 10.2 Å². The molecule has 2 N–H and O–H groups in total. The summed E-state index contributed by atoms with van der Waals surface area (Å²) >= 11 is 0. The molecule has 11 heavy (non-hydrogen) atoms. The van der Waals surface area contributed by atoms with E-state index in [9.17, 15) is 0 Å². The Balaban J connectivity index is -0.000000107. The first kappa shape index (κ1) is 17.1. The standard InChI is InChI=1S/2C4H10O.CH4/c2*1-4(2,3)5;/h2*5H,1-3H3;1H4. The molecule has 0 saturated heterocycles. The molecule has 0 unspecified atom stereocenters. The Morgan fingerprint density at radius 2 is 0.636 bits per heavy atom. The van der Waals surface area contributed by atoms with Crippen LogP contribution >= 0.6 is 0 Å². The molecule has 0 aliphatic carbocycles. The van der Waals surface area contributed by atoms with Crippen molar-refractivity contribution in [3.8, 4) is 0 Å². The normalized spacial score (nSPS) is 10.9. The lowest BCUT2D eigenvalue weighted by Gasteiger charge is -2.04. The Labute approximate surface area is 71.3 Å². The van der Waals surface area contributed by atoms with Crippen molar-refractivity contribution in [3.63, 3.8) is 0 Å². The SMILES string of the molecule is C.CC(C)(C)O.CC(C)(C)O. The second kappa shape index (κ2) is 5.56. The van der Waals surface area contributed by atoms with Crippen LogP contribution < -0.4 is 0 Å². The van der Waals surface area contributed by atoms with Crippen LogP contribution in [0.25, 0.3) is 0 Å². The molecular formula is C9H24O2. The van der Waals surface area contributed by atoms with Gasteiger partial charge in [0.05, 0.1) is 11.2 Å². The smallest absolute Gasteiger partial charge is 0.0563 e. The molecule has 0 bridgehead atoms. The monoisotopic (exact) mass is 164 g/mol. The lowest BCUT2D eigenvalue weighted by molar-refractivity contribution is 0.101. The van der Waals surface area contributed by atoms with Gasteiger partial charge in [-0.3, -0.25) is 0 Å². The highest BCUT2D eigenvalue weighted by Gasteiger charge is 1.98. The molecule has 0 aromatic heterocycles. The topological polar surface area (TPSA) is 40.5 Å². The van der Waals surface area contributed by atoms with Gasteiger partial charge in [0.2, 0.25) is 0 Å². The summed E-state index contributed by atoms with van der Waals surface area (Å²) in [6, 6.07) is 0. The van der Waals surface area contributed by atoms with Gasteiger partial charge in [0.25, 0.3) is 0 Å². The second-order valence-corrected chi connectivity index (χ2v) is 4.34. The van der Waals surface area contributed by atoms with Crippen molar-refractivity contribution in [2.45, 2.75) is 60.2 Å². The van der Waals surface area contributed by atoms with E-state index in [2.05, 4.69) is 0 Å². The molecule has 0 aliphatic rings. The summed E-state index contributed by atoms with van der Waals surface area (Å²) in [5.41, 5.74) is -1.00. The maximum Gasteiger partial charge on any atom is 0.0563 e. The van der Waals surface area contributed by atoms with Gasteiger partial charge in [0, 0.05) is 0 Å². The van der Waals surface area contributed by atoms with Gasteiger partial charge in [-0.05, 0) is 41.5 Å². The van der Waals surface area contributed by atoms with E-state index in [1.807, 2.05) is 0 Å². The van der Waals surface area contributed by atoms with Gasteiger partial charge in [-0.15, -0.1) is 0 Å². The quantitative estimate of drug-likeness (QED) is 0.576. The maximum atomic E-state index is 8.52. The molecule has 0 fully saturated rings. The first-order valence-corrected chi connectivity index (χ1v) is 3.45. The summed E-state index contributed by atoms with van der Waals surface area (Å²) in [4.78, 5) is 0. The molecule has 2 nitrogen and oxygen atoms in total. The van der Waals surface area contributed by atoms with Crippen LogP contribution in [-0.4, -0.2) is 21.4 Å². The molecule has 72 valence electrons. The molecule has 0 saturated carbocycles. The van der Waals surface area contributed by atoms with E-state index >= 15 is 0 Å². The van der Waals surface area contributed by atoms with Crippen LogP contribution in [0.5, 0.6) is 0 Å². The fourth-order valence-corrected chi connectivity index (χ4v) is 0. The number of hydrogen-bond acceptors (Lipinski definition) is 2. The van der Waals surface area contributed by atoms with Crippen molar-refractivity contribution >= 4 is 0 Å². The Morgan fingerprint density at radius 3 is 0.636 bits per heavy atom. The number of hydrogen-bond donors (Lipinski definition) is 2. The fraction of sp³-hybridized carbons (Fsp3) is 1.00. The van der Waals surface area contributed by atoms with Gasteiger partial charge in [0.15, 0.2) is 0 Å². The van der Waals surface area contributed by atoms with E-state index in [-0.39, 0.29) is 7.43 Å². The average molecular weight is 164 g/mol. The van der Waals surface area contributed by atoms with Crippen LogP contribution in [0.1, 0.15) is 49.0 Å².